The molecule has 6 heteroatoms. The number of para-hydroxylation sites is 1. The Labute approximate surface area is 179 Å². The molecule has 0 aliphatic carbocycles. The van der Waals surface area contributed by atoms with Crippen LogP contribution in [0.5, 0.6) is 0 Å². The number of aryl methyl sites for hydroxylation is 1. The van der Waals surface area contributed by atoms with E-state index in [1.54, 1.807) is 10.9 Å². The molecular weight excluding hydrogens is 386 g/mol. The van der Waals surface area contributed by atoms with E-state index in [0.717, 1.165) is 28.2 Å². The Kier molecular flexibility index (Phi) is 4.80. The summed E-state index contributed by atoms with van der Waals surface area (Å²) < 4.78 is 3.69. The van der Waals surface area contributed by atoms with Gasteiger partial charge >= 0.3 is 0 Å². The lowest BCUT2D eigenvalue weighted by Gasteiger charge is -2.04. The summed E-state index contributed by atoms with van der Waals surface area (Å²) in [5.41, 5.74) is 5.75. The Morgan fingerprint density at radius 3 is 2.61 bits per heavy atom. The van der Waals surface area contributed by atoms with Crippen LogP contribution in [-0.4, -0.2) is 25.1 Å². The Morgan fingerprint density at radius 2 is 1.81 bits per heavy atom. The number of rotatable bonds is 5. The molecule has 0 radical (unpaired) electrons. The lowest BCUT2D eigenvalue weighted by atomic mass is 10.1. The summed E-state index contributed by atoms with van der Waals surface area (Å²) in [4.78, 5) is 17.7. The molecule has 0 fully saturated rings. The van der Waals surface area contributed by atoms with Crippen LogP contribution in [0.2, 0.25) is 0 Å². The first-order valence-electron chi connectivity index (χ1n) is 10.1. The molecule has 1 N–H and O–H groups in total. The summed E-state index contributed by atoms with van der Waals surface area (Å²) in [6, 6.07) is 23.6. The number of pyridine rings is 1. The number of benzene rings is 2. The maximum absolute atomic E-state index is 13.2. The second-order valence-electron chi connectivity index (χ2n) is 7.42. The quantitative estimate of drug-likeness (QED) is 0.469. The van der Waals surface area contributed by atoms with Crippen LogP contribution in [0.3, 0.4) is 0 Å². The molecule has 152 valence electrons. The highest BCUT2D eigenvalue weighted by Gasteiger charge is 2.19. The number of hydrogen-bond donors (Lipinski definition) is 1. The van der Waals surface area contributed by atoms with E-state index in [4.69, 9.17) is 5.10 Å². The van der Waals surface area contributed by atoms with E-state index in [-0.39, 0.29) is 5.91 Å². The molecule has 0 aliphatic rings. The summed E-state index contributed by atoms with van der Waals surface area (Å²) >= 11 is 0. The van der Waals surface area contributed by atoms with Crippen molar-refractivity contribution < 1.29 is 4.79 Å². The fourth-order valence-electron chi connectivity index (χ4n) is 3.60. The van der Waals surface area contributed by atoms with E-state index in [2.05, 4.69) is 10.3 Å². The lowest BCUT2D eigenvalue weighted by Crippen LogP contribution is -2.23. The SMILES string of the molecule is Cc1cccc(-c2nn(-c3ccccc3)cc2C(=O)NCc2cn3ccccc3n2)c1. The van der Waals surface area contributed by atoms with Crippen LogP contribution in [0, 0.1) is 6.92 Å². The van der Waals surface area contributed by atoms with Crippen LogP contribution in [0.25, 0.3) is 22.6 Å². The van der Waals surface area contributed by atoms with Gasteiger partial charge in [0.2, 0.25) is 0 Å². The normalized spacial score (nSPS) is 11.0. The second kappa shape index (κ2) is 7.91. The second-order valence-corrected chi connectivity index (χ2v) is 7.42. The monoisotopic (exact) mass is 407 g/mol. The van der Waals surface area contributed by atoms with Gasteiger partial charge in [-0.25, -0.2) is 9.67 Å². The molecule has 0 aliphatic heterocycles. The average molecular weight is 407 g/mol. The van der Waals surface area contributed by atoms with Gasteiger partial charge in [0.05, 0.1) is 23.5 Å². The molecule has 0 bridgehead atoms. The van der Waals surface area contributed by atoms with Crippen LogP contribution >= 0.6 is 0 Å². The minimum atomic E-state index is -0.184. The summed E-state index contributed by atoms with van der Waals surface area (Å²) in [5.74, 6) is -0.184. The summed E-state index contributed by atoms with van der Waals surface area (Å²) in [7, 11) is 0. The van der Waals surface area contributed by atoms with Crippen molar-refractivity contribution in [2.45, 2.75) is 13.5 Å². The summed E-state index contributed by atoms with van der Waals surface area (Å²) in [5, 5.41) is 7.74. The largest absolute Gasteiger partial charge is 0.346 e. The molecule has 3 heterocycles. The minimum absolute atomic E-state index is 0.184. The van der Waals surface area contributed by atoms with Gasteiger partial charge in [0, 0.05) is 24.2 Å². The molecule has 0 saturated heterocycles. The van der Waals surface area contributed by atoms with Crippen molar-refractivity contribution >= 4 is 11.6 Å². The Balaban J connectivity index is 1.47. The van der Waals surface area contributed by atoms with Gasteiger partial charge in [-0.2, -0.15) is 5.10 Å². The van der Waals surface area contributed by atoms with Crippen LogP contribution in [-0.2, 0) is 6.54 Å². The lowest BCUT2D eigenvalue weighted by molar-refractivity contribution is 0.0951. The number of nitrogens with zero attached hydrogens (tertiary/aromatic N) is 4. The van der Waals surface area contributed by atoms with Crippen LogP contribution < -0.4 is 5.32 Å². The highest BCUT2D eigenvalue weighted by atomic mass is 16.1. The van der Waals surface area contributed by atoms with Crippen LogP contribution in [0.15, 0.2) is 91.4 Å². The predicted octanol–water partition coefficient (Wildman–Crippen LogP) is 4.43. The Morgan fingerprint density at radius 1 is 0.968 bits per heavy atom. The predicted molar refractivity (Wildman–Crippen MR) is 120 cm³/mol. The molecule has 3 aromatic heterocycles. The molecule has 0 saturated carbocycles. The number of carbonyl (C=O) groups is 1. The zero-order chi connectivity index (χ0) is 21.2. The van der Waals surface area contributed by atoms with Gasteiger partial charge < -0.3 is 9.72 Å². The maximum atomic E-state index is 13.2. The van der Waals surface area contributed by atoms with E-state index >= 15 is 0 Å². The van der Waals surface area contributed by atoms with Gasteiger partial charge in [-0.1, -0.05) is 48.0 Å². The molecule has 0 spiro atoms. The molecule has 6 nitrogen and oxygen atoms in total. The van der Waals surface area contributed by atoms with Gasteiger partial charge in [-0.05, 0) is 37.3 Å². The van der Waals surface area contributed by atoms with Crippen molar-refractivity contribution in [2.24, 2.45) is 0 Å². The molecular formula is C25H21N5O. The van der Waals surface area contributed by atoms with Crippen LogP contribution in [0.1, 0.15) is 21.6 Å². The zero-order valence-corrected chi connectivity index (χ0v) is 17.1. The van der Waals surface area contributed by atoms with Crippen molar-refractivity contribution in [1.82, 2.24) is 24.5 Å². The summed E-state index contributed by atoms with van der Waals surface area (Å²) in [6.45, 7) is 2.37. The van der Waals surface area contributed by atoms with E-state index in [9.17, 15) is 4.79 Å². The van der Waals surface area contributed by atoms with Crippen molar-refractivity contribution in [2.75, 3.05) is 0 Å². The number of amides is 1. The standard InChI is InChI=1S/C25H21N5O/c1-18-8-7-9-19(14-18)24-22(17-30(28-24)21-10-3-2-4-11-21)25(31)26-15-20-16-29-13-6-5-12-23(29)27-20/h2-14,16-17H,15H2,1H3,(H,26,31). The number of imidazole rings is 1. The molecule has 0 unspecified atom stereocenters. The molecule has 0 atom stereocenters. The molecule has 1 amide bonds. The van der Waals surface area contributed by atoms with Gasteiger partial charge in [0.1, 0.15) is 11.3 Å². The van der Waals surface area contributed by atoms with Gasteiger partial charge in [0.25, 0.3) is 5.91 Å². The third-order valence-corrected chi connectivity index (χ3v) is 5.12. The first-order chi connectivity index (χ1) is 15.2. The van der Waals surface area contributed by atoms with Crippen molar-refractivity contribution in [3.8, 4) is 16.9 Å². The number of nitrogens with one attached hydrogen (secondary N) is 1. The smallest absolute Gasteiger partial charge is 0.255 e. The highest BCUT2D eigenvalue weighted by molar-refractivity contribution is 5.99. The van der Waals surface area contributed by atoms with Crippen LogP contribution in [0.4, 0.5) is 0 Å². The van der Waals surface area contributed by atoms with Crippen molar-refractivity contribution in [3.05, 3.63) is 108 Å². The number of fused-ring (bicyclic) bond motifs is 1. The number of hydrogen-bond acceptors (Lipinski definition) is 3. The third kappa shape index (κ3) is 3.83. The van der Waals surface area contributed by atoms with E-state index in [1.807, 2.05) is 96.5 Å². The van der Waals surface area contributed by atoms with E-state index < -0.39 is 0 Å². The summed E-state index contributed by atoms with van der Waals surface area (Å²) in [6.07, 6.45) is 5.64. The van der Waals surface area contributed by atoms with Gasteiger partial charge in [-0.3, -0.25) is 4.79 Å². The maximum Gasteiger partial charge on any atom is 0.255 e. The fourth-order valence-corrected chi connectivity index (χ4v) is 3.60. The van der Waals surface area contributed by atoms with Gasteiger partial charge in [0.15, 0.2) is 0 Å². The molecule has 5 rings (SSSR count). The fraction of sp³-hybridized carbons (Fsp3) is 0.0800. The van der Waals surface area contributed by atoms with Gasteiger partial charge in [-0.15, -0.1) is 0 Å². The minimum Gasteiger partial charge on any atom is -0.346 e. The molecule has 2 aromatic carbocycles. The topological polar surface area (TPSA) is 64.2 Å². The molecule has 31 heavy (non-hydrogen) atoms. The van der Waals surface area contributed by atoms with Crippen molar-refractivity contribution in [3.63, 3.8) is 0 Å². The molecule has 5 aromatic rings. The highest BCUT2D eigenvalue weighted by Crippen LogP contribution is 2.24. The zero-order valence-electron chi connectivity index (χ0n) is 17.1. The first-order valence-corrected chi connectivity index (χ1v) is 10.1. The number of carbonyl (C=O) groups excluding carboxylic acids is 1. The third-order valence-electron chi connectivity index (χ3n) is 5.12. The average Bonchev–Trinajstić information content (AvgIpc) is 3.42. The Hall–Kier alpha value is -4.19. The van der Waals surface area contributed by atoms with Crippen molar-refractivity contribution in [1.29, 1.82) is 0 Å². The number of aromatic nitrogens is 4. The van der Waals surface area contributed by atoms with E-state index in [1.165, 1.54) is 0 Å². The van der Waals surface area contributed by atoms with E-state index in [0.29, 0.717) is 17.8 Å². The first kappa shape index (κ1) is 18.8. The Bertz CT molecular complexity index is 1330.